The third-order valence-electron chi connectivity index (χ3n) is 3.94. The van der Waals surface area contributed by atoms with Crippen molar-refractivity contribution < 1.29 is 0 Å². The van der Waals surface area contributed by atoms with E-state index in [0.717, 1.165) is 31.7 Å². The van der Waals surface area contributed by atoms with Crippen molar-refractivity contribution in [2.24, 2.45) is 5.92 Å². The van der Waals surface area contributed by atoms with Crippen molar-refractivity contribution in [3.8, 4) is 0 Å². The highest BCUT2D eigenvalue weighted by atomic mass is 35.5. The minimum atomic E-state index is -0.195. The van der Waals surface area contributed by atoms with Gasteiger partial charge in [0.15, 0.2) is 0 Å². The van der Waals surface area contributed by atoms with E-state index in [0.29, 0.717) is 23.5 Å². The third kappa shape index (κ3) is 3.98. The average Bonchev–Trinajstić information content (AvgIpc) is 2.48. The molecule has 0 aromatic carbocycles. The van der Waals surface area contributed by atoms with Gasteiger partial charge in [-0.05, 0) is 32.2 Å². The quantitative estimate of drug-likeness (QED) is 0.905. The van der Waals surface area contributed by atoms with Gasteiger partial charge in [0.1, 0.15) is 5.02 Å². The second-order valence-electron chi connectivity index (χ2n) is 5.98. The van der Waals surface area contributed by atoms with Crippen molar-refractivity contribution in [1.82, 2.24) is 15.1 Å². The summed E-state index contributed by atoms with van der Waals surface area (Å²) in [5, 5.41) is 7.98. The van der Waals surface area contributed by atoms with E-state index in [1.807, 2.05) is 6.92 Å². The van der Waals surface area contributed by atoms with Crippen LogP contribution in [0.1, 0.15) is 33.6 Å². The van der Waals surface area contributed by atoms with Crippen LogP contribution in [0.5, 0.6) is 0 Å². The van der Waals surface area contributed by atoms with Gasteiger partial charge in [-0.2, -0.15) is 5.10 Å². The first kappa shape index (κ1) is 16.3. The van der Waals surface area contributed by atoms with Crippen LogP contribution in [0, 0.1) is 5.92 Å². The van der Waals surface area contributed by atoms with Gasteiger partial charge >= 0.3 is 0 Å². The van der Waals surface area contributed by atoms with E-state index in [4.69, 9.17) is 11.6 Å². The zero-order valence-corrected chi connectivity index (χ0v) is 13.9. The van der Waals surface area contributed by atoms with E-state index < -0.39 is 0 Å². The number of anilines is 1. The minimum absolute atomic E-state index is 0.195. The molecular weight excluding hydrogens is 288 g/mol. The van der Waals surface area contributed by atoms with Crippen molar-refractivity contribution in [2.75, 3.05) is 24.5 Å². The van der Waals surface area contributed by atoms with Crippen molar-refractivity contribution in [3.63, 3.8) is 0 Å². The lowest BCUT2D eigenvalue weighted by Gasteiger charge is -2.35. The molecule has 0 saturated carbocycles. The zero-order valence-electron chi connectivity index (χ0n) is 13.1. The molecule has 6 heteroatoms. The Morgan fingerprint density at radius 3 is 2.95 bits per heavy atom. The number of aromatic nitrogens is 2. The highest BCUT2D eigenvalue weighted by Gasteiger charge is 2.23. The van der Waals surface area contributed by atoms with Crippen LogP contribution in [0.4, 0.5) is 5.69 Å². The van der Waals surface area contributed by atoms with E-state index in [9.17, 15) is 4.79 Å². The zero-order chi connectivity index (χ0) is 15.4. The van der Waals surface area contributed by atoms with E-state index >= 15 is 0 Å². The number of rotatable bonds is 5. The normalized spacial score (nSPS) is 19.3. The Morgan fingerprint density at radius 1 is 1.52 bits per heavy atom. The second-order valence-corrected chi connectivity index (χ2v) is 6.36. The fourth-order valence-electron chi connectivity index (χ4n) is 2.75. The Bertz CT molecular complexity index is 529. The fraction of sp³-hybridized carbons (Fsp3) is 0.733. The van der Waals surface area contributed by atoms with Gasteiger partial charge in [-0.15, -0.1) is 0 Å². The molecule has 1 aromatic heterocycles. The Balaban J connectivity index is 2.11. The van der Waals surface area contributed by atoms with Crippen LogP contribution in [0.25, 0.3) is 0 Å². The monoisotopic (exact) mass is 312 g/mol. The third-order valence-corrected chi connectivity index (χ3v) is 4.30. The summed E-state index contributed by atoms with van der Waals surface area (Å²) in [6.45, 7) is 9.62. The van der Waals surface area contributed by atoms with Crippen LogP contribution in [0.2, 0.25) is 5.02 Å². The van der Waals surface area contributed by atoms with Crippen LogP contribution in [-0.2, 0) is 6.54 Å². The Morgan fingerprint density at radius 2 is 2.29 bits per heavy atom. The summed E-state index contributed by atoms with van der Waals surface area (Å²) in [6, 6.07) is 0.499. The fourth-order valence-corrected chi connectivity index (χ4v) is 3.02. The summed E-state index contributed by atoms with van der Waals surface area (Å²) in [6.07, 6.45) is 4.07. The van der Waals surface area contributed by atoms with Crippen molar-refractivity contribution in [3.05, 3.63) is 21.6 Å². The smallest absolute Gasteiger partial charge is 0.287 e. The maximum atomic E-state index is 12.1. The molecule has 1 saturated heterocycles. The molecule has 1 aliphatic rings. The van der Waals surface area contributed by atoms with Gasteiger partial charge in [0.2, 0.25) is 0 Å². The largest absolute Gasteiger partial charge is 0.369 e. The summed E-state index contributed by atoms with van der Waals surface area (Å²) in [7, 11) is 0. The standard InChI is InChI=1S/C15H25ClN4O/c1-4-20-15(21)14(16)13(9-18-20)19-7-5-6-12(10-19)8-17-11(2)3/h9,11-12,17H,4-8,10H2,1-3H3. The SMILES string of the molecule is CCn1ncc(N2CCCC(CNC(C)C)C2)c(Cl)c1=O. The molecule has 0 aliphatic carbocycles. The number of aryl methyl sites for hydroxylation is 1. The van der Waals surface area contributed by atoms with Gasteiger partial charge in [0.05, 0.1) is 11.9 Å². The first-order valence-corrected chi connectivity index (χ1v) is 8.14. The van der Waals surface area contributed by atoms with Crippen LogP contribution >= 0.6 is 11.6 Å². The highest BCUT2D eigenvalue weighted by molar-refractivity contribution is 6.33. The molecule has 2 heterocycles. The summed E-state index contributed by atoms with van der Waals surface area (Å²) in [5.41, 5.74) is 0.583. The van der Waals surface area contributed by atoms with Crippen molar-refractivity contribution in [2.45, 2.75) is 46.2 Å². The maximum Gasteiger partial charge on any atom is 0.287 e. The van der Waals surface area contributed by atoms with Gasteiger partial charge in [0, 0.05) is 25.7 Å². The number of hydrogen-bond donors (Lipinski definition) is 1. The summed E-state index contributed by atoms with van der Waals surface area (Å²) >= 11 is 6.26. The molecule has 0 bridgehead atoms. The predicted molar refractivity (Wildman–Crippen MR) is 87.3 cm³/mol. The van der Waals surface area contributed by atoms with Gasteiger partial charge in [-0.25, -0.2) is 4.68 Å². The highest BCUT2D eigenvalue weighted by Crippen LogP contribution is 2.26. The second kappa shape index (κ2) is 7.27. The predicted octanol–water partition coefficient (Wildman–Crippen LogP) is 2.13. The number of nitrogens with zero attached hydrogens (tertiary/aromatic N) is 3. The lowest BCUT2D eigenvalue weighted by Crippen LogP contribution is -2.42. The first-order chi connectivity index (χ1) is 10.0. The topological polar surface area (TPSA) is 50.2 Å². The molecule has 118 valence electrons. The molecule has 1 unspecified atom stereocenters. The van der Waals surface area contributed by atoms with Crippen LogP contribution in [0.3, 0.4) is 0 Å². The molecule has 5 nitrogen and oxygen atoms in total. The summed E-state index contributed by atoms with van der Waals surface area (Å²) < 4.78 is 1.40. The Hall–Kier alpha value is -1.07. The Kier molecular flexibility index (Phi) is 5.65. The van der Waals surface area contributed by atoms with Crippen molar-refractivity contribution in [1.29, 1.82) is 0 Å². The van der Waals surface area contributed by atoms with E-state index in [1.54, 1.807) is 6.20 Å². The van der Waals surface area contributed by atoms with E-state index in [1.165, 1.54) is 11.1 Å². The summed E-state index contributed by atoms with van der Waals surface area (Å²) in [5.74, 6) is 0.589. The van der Waals surface area contributed by atoms with Gasteiger partial charge < -0.3 is 10.2 Å². The summed E-state index contributed by atoms with van der Waals surface area (Å²) in [4.78, 5) is 14.3. The lowest BCUT2D eigenvalue weighted by molar-refractivity contribution is 0.379. The number of piperidine rings is 1. The lowest BCUT2D eigenvalue weighted by atomic mass is 9.97. The molecule has 1 aliphatic heterocycles. The van der Waals surface area contributed by atoms with E-state index in [2.05, 4.69) is 29.2 Å². The van der Waals surface area contributed by atoms with Gasteiger partial charge in [0.25, 0.3) is 5.56 Å². The maximum absolute atomic E-state index is 12.1. The number of hydrogen-bond acceptors (Lipinski definition) is 4. The van der Waals surface area contributed by atoms with Crippen molar-refractivity contribution >= 4 is 17.3 Å². The van der Waals surface area contributed by atoms with Gasteiger partial charge in [-0.3, -0.25) is 4.79 Å². The molecule has 2 rings (SSSR count). The van der Waals surface area contributed by atoms with Crippen LogP contribution in [0.15, 0.2) is 11.0 Å². The number of halogens is 1. The average molecular weight is 313 g/mol. The molecular formula is C15H25ClN4O. The molecule has 1 aromatic rings. The van der Waals surface area contributed by atoms with Crippen LogP contribution < -0.4 is 15.8 Å². The molecule has 1 atom stereocenters. The van der Waals surface area contributed by atoms with Crippen LogP contribution in [-0.4, -0.2) is 35.5 Å². The Labute approximate surface area is 131 Å². The molecule has 1 fully saturated rings. The molecule has 0 amide bonds. The van der Waals surface area contributed by atoms with Gasteiger partial charge in [-0.1, -0.05) is 25.4 Å². The minimum Gasteiger partial charge on any atom is -0.369 e. The molecule has 21 heavy (non-hydrogen) atoms. The molecule has 1 N–H and O–H groups in total. The number of nitrogens with one attached hydrogen (secondary N) is 1. The molecule has 0 spiro atoms. The van der Waals surface area contributed by atoms with E-state index in [-0.39, 0.29) is 5.56 Å². The first-order valence-electron chi connectivity index (χ1n) is 7.76. The molecule has 0 radical (unpaired) electrons.